The van der Waals surface area contributed by atoms with E-state index in [1.54, 1.807) is 0 Å². The normalized spacial score (nSPS) is 16.9. The molecule has 3 heterocycles. The third kappa shape index (κ3) is 2.96. The lowest BCUT2D eigenvalue weighted by molar-refractivity contribution is 0.0548. The second-order valence-electron chi connectivity index (χ2n) is 6.52. The van der Waals surface area contributed by atoms with Gasteiger partial charge in [0.2, 0.25) is 5.89 Å². The van der Waals surface area contributed by atoms with Gasteiger partial charge >= 0.3 is 0 Å². The summed E-state index contributed by atoms with van der Waals surface area (Å²) in [6.45, 7) is 6.89. The van der Waals surface area contributed by atoms with Crippen LogP contribution in [0.25, 0.3) is 10.9 Å². The number of rotatable bonds is 4. The zero-order valence-corrected chi connectivity index (χ0v) is 15.0. The van der Waals surface area contributed by atoms with E-state index in [0.717, 1.165) is 36.2 Å². The molecule has 1 aliphatic heterocycles. The van der Waals surface area contributed by atoms with Crippen molar-refractivity contribution < 1.29 is 9.32 Å². The van der Waals surface area contributed by atoms with Crippen LogP contribution in [0.3, 0.4) is 0 Å². The number of aromatic nitrogens is 4. The van der Waals surface area contributed by atoms with E-state index in [-0.39, 0.29) is 11.9 Å². The van der Waals surface area contributed by atoms with Crippen LogP contribution in [0.5, 0.6) is 0 Å². The molecule has 8 nitrogen and oxygen atoms in total. The molecule has 1 fully saturated rings. The molecule has 26 heavy (non-hydrogen) atoms. The Kier molecular flexibility index (Phi) is 4.42. The number of nitrogens with zero attached hydrogens (tertiary/aromatic N) is 5. The molecule has 1 saturated heterocycles. The molecule has 136 valence electrons. The number of H-pyrrole nitrogens is 1. The van der Waals surface area contributed by atoms with Crippen LogP contribution in [0.15, 0.2) is 28.8 Å². The molecule has 0 aliphatic carbocycles. The highest BCUT2D eigenvalue weighted by Gasteiger charge is 2.29. The van der Waals surface area contributed by atoms with Gasteiger partial charge in [-0.05, 0) is 13.0 Å². The maximum Gasteiger partial charge on any atom is 0.275 e. The second-order valence-corrected chi connectivity index (χ2v) is 6.52. The number of fused-ring (bicyclic) bond motifs is 1. The van der Waals surface area contributed by atoms with E-state index in [2.05, 4.69) is 32.2 Å². The van der Waals surface area contributed by atoms with Gasteiger partial charge in [-0.15, -0.1) is 0 Å². The van der Waals surface area contributed by atoms with Gasteiger partial charge in [-0.1, -0.05) is 30.3 Å². The summed E-state index contributed by atoms with van der Waals surface area (Å²) >= 11 is 0. The first-order valence-electron chi connectivity index (χ1n) is 8.96. The number of piperazine rings is 1. The number of hydrogen-bond donors (Lipinski definition) is 1. The highest BCUT2D eigenvalue weighted by molar-refractivity contribution is 6.04. The van der Waals surface area contributed by atoms with Crippen molar-refractivity contribution in [2.45, 2.75) is 26.3 Å². The van der Waals surface area contributed by atoms with Crippen LogP contribution < -0.4 is 0 Å². The van der Waals surface area contributed by atoms with Crippen molar-refractivity contribution in [3.8, 4) is 0 Å². The second kappa shape index (κ2) is 6.87. The number of amides is 1. The SMILES string of the molecule is CCc1noc(C(C)N2CCN(C(=O)c3n[nH]c4ccccc34)CC2)n1. The van der Waals surface area contributed by atoms with Crippen LogP contribution in [-0.4, -0.2) is 62.2 Å². The lowest BCUT2D eigenvalue weighted by atomic mass is 10.1. The number of carbonyl (C=O) groups excluding carboxylic acids is 1. The van der Waals surface area contributed by atoms with E-state index in [4.69, 9.17) is 4.52 Å². The van der Waals surface area contributed by atoms with E-state index < -0.39 is 0 Å². The van der Waals surface area contributed by atoms with Crippen LogP contribution >= 0.6 is 0 Å². The number of carbonyl (C=O) groups is 1. The minimum absolute atomic E-state index is 0.0270. The van der Waals surface area contributed by atoms with Gasteiger partial charge in [-0.3, -0.25) is 14.8 Å². The Morgan fingerprint density at radius 2 is 2.04 bits per heavy atom. The van der Waals surface area contributed by atoms with Crippen molar-refractivity contribution >= 4 is 16.8 Å². The predicted octanol–water partition coefficient (Wildman–Crippen LogP) is 2.03. The Morgan fingerprint density at radius 1 is 1.27 bits per heavy atom. The molecule has 3 aromatic rings. The molecule has 1 atom stereocenters. The number of benzene rings is 1. The largest absolute Gasteiger partial charge is 0.338 e. The summed E-state index contributed by atoms with van der Waals surface area (Å²) in [7, 11) is 0. The Labute approximate surface area is 151 Å². The maximum absolute atomic E-state index is 12.8. The van der Waals surface area contributed by atoms with E-state index >= 15 is 0 Å². The predicted molar refractivity (Wildman–Crippen MR) is 95.7 cm³/mol. The van der Waals surface area contributed by atoms with Crippen molar-refractivity contribution in [2.24, 2.45) is 0 Å². The number of para-hydroxylation sites is 1. The lowest BCUT2D eigenvalue weighted by Crippen LogP contribution is -2.49. The zero-order chi connectivity index (χ0) is 18.1. The fraction of sp³-hybridized carbons (Fsp3) is 0.444. The average Bonchev–Trinajstić information content (AvgIpc) is 3.34. The summed E-state index contributed by atoms with van der Waals surface area (Å²) in [5, 5.41) is 12.0. The molecule has 0 spiro atoms. The average molecular weight is 354 g/mol. The van der Waals surface area contributed by atoms with Gasteiger partial charge in [-0.25, -0.2) is 0 Å². The van der Waals surface area contributed by atoms with Gasteiger partial charge in [0, 0.05) is 38.0 Å². The van der Waals surface area contributed by atoms with Crippen molar-refractivity contribution in [3.05, 3.63) is 41.7 Å². The van der Waals surface area contributed by atoms with Gasteiger partial charge in [0.15, 0.2) is 11.5 Å². The molecule has 0 bridgehead atoms. The Morgan fingerprint density at radius 3 is 2.77 bits per heavy atom. The monoisotopic (exact) mass is 354 g/mol. The highest BCUT2D eigenvalue weighted by Crippen LogP contribution is 2.22. The summed E-state index contributed by atoms with van der Waals surface area (Å²) in [5.74, 6) is 1.34. The van der Waals surface area contributed by atoms with Crippen LogP contribution in [0, 0.1) is 0 Å². The van der Waals surface area contributed by atoms with Gasteiger partial charge in [0.25, 0.3) is 5.91 Å². The molecule has 0 saturated carbocycles. The van der Waals surface area contributed by atoms with E-state index in [0.29, 0.717) is 24.7 Å². The minimum Gasteiger partial charge on any atom is -0.338 e. The Hall–Kier alpha value is -2.74. The van der Waals surface area contributed by atoms with Crippen LogP contribution in [0.1, 0.15) is 42.1 Å². The molecule has 0 radical (unpaired) electrons. The first-order valence-corrected chi connectivity index (χ1v) is 8.96. The molecule has 1 amide bonds. The fourth-order valence-electron chi connectivity index (χ4n) is 3.33. The first kappa shape index (κ1) is 16.7. The molecule has 4 rings (SSSR count). The summed E-state index contributed by atoms with van der Waals surface area (Å²) in [4.78, 5) is 21.4. The summed E-state index contributed by atoms with van der Waals surface area (Å²) in [5.41, 5.74) is 1.37. The highest BCUT2D eigenvalue weighted by atomic mass is 16.5. The quantitative estimate of drug-likeness (QED) is 0.771. The van der Waals surface area contributed by atoms with Gasteiger partial charge in [-0.2, -0.15) is 10.1 Å². The molecule has 2 aromatic heterocycles. The maximum atomic E-state index is 12.8. The number of aryl methyl sites for hydroxylation is 1. The number of hydrogen-bond acceptors (Lipinski definition) is 6. The molecule has 1 unspecified atom stereocenters. The molecule has 8 heteroatoms. The molecule has 1 aliphatic rings. The van der Waals surface area contributed by atoms with Crippen molar-refractivity contribution in [3.63, 3.8) is 0 Å². The minimum atomic E-state index is -0.0270. The van der Waals surface area contributed by atoms with Crippen molar-refractivity contribution in [2.75, 3.05) is 26.2 Å². The number of nitrogens with one attached hydrogen (secondary N) is 1. The van der Waals surface area contributed by atoms with Crippen LogP contribution in [-0.2, 0) is 6.42 Å². The van der Waals surface area contributed by atoms with E-state index in [1.807, 2.05) is 36.1 Å². The zero-order valence-electron chi connectivity index (χ0n) is 15.0. The number of aromatic amines is 1. The summed E-state index contributed by atoms with van der Waals surface area (Å²) < 4.78 is 5.35. The summed E-state index contributed by atoms with van der Waals surface area (Å²) in [6, 6.07) is 7.74. The molecule has 1 N–H and O–H groups in total. The standard InChI is InChI=1S/C18H22N6O2/c1-3-15-19-17(26-22-15)12(2)23-8-10-24(11-9-23)18(25)16-13-6-4-5-7-14(13)20-21-16/h4-7,12H,3,8-11H2,1-2H3,(H,20,21). The van der Waals surface area contributed by atoms with Crippen molar-refractivity contribution in [1.29, 1.82) is 0 Å². The van der Waals surface area contributed by atoms with Gasteiger partial charge < -0.3 is 9.42 Å². The topological polar surface area (TPSA) is 91.2 Å². The van der Waals surface area contributed by atoms with Gasteiger partial charge in [0.1, 0.15) is 0 Å². The molecule has 1 aromatic carbocycles. The molecular weight excluding hydrogens is 332 g/mol. The third-order valence-electron chi connectivity index (χ3n) is 4.98. The third-order valence-corrected chi connectivity index (χ3v) is 4.98. The Bertz CT molecular complexity index is 909. The molecular formula is C18H22N6O2. The summed E-state index contributed by atoms with van der Waals surface area (Å²) in [6.07, 6.45) is 0.760. The fourth-order valence-corrected chi connectivity index (χ4v) is 3.33. The lowest BCUT2D eigenvalue weighted by Gasteiger charge is -2.36. The smallest absolute Gasteiger partial charge is 0.275 e. The Balaban J connectivity index is 1.42. The first-order chi connectivity index (χ1) is 12.7. The van der Waals surface area contributed by atoms with Crippen LogP contribution in [0.4, 0.5) is 0 Å². The van der Waals surface area contributed by atoms with Crippen LogP contribution in [0.2, 0.25) is 0 Å². The van der Waals surface area contributed by atoms with E-state index in [9.17, 15) is 4.79 Å². The van der Waals surface area contributed by atoms with Gasteiger partial charge in [0.05, 0.1) is 11.6 Å². The van der Waals surface area contributed by atoms with Crippen molar-refractivity contribution in [1.82, 2.24) is 30.1 Å². The van der Waals surface area contributed by atoms with E-state index in [1.165, 1.54) is 0 Å².